The van der Waals surface area contributed by atoms with Crippen LogP contribution < -0.4 is 16.8 Å². The van der Waals surface area contributed by atoms with Gasteiger partial charge in [0.15, 0.2) is 0 Å². The van der Waals surface area contributed by atoms with Gasteiger partial charge in [-0.15, -0.1) is 0 Å². The molecule has 7 atom stereocenters. The molecule has 6 unspecified atom stereocenters. The maximum Gasteiger partial charge on any atom is 0.228 e. The molecule has 43 heavy (non-hydrogen) atoms. The molecule has 4 saturated heterocycles. The van der Waals surface area contributed by atoms with Gasteiger partial charge in [-0.1, -0.05) is 19.3 Å². The van der Waals surface area contributed by atoms with Gasteiger partial charge in [-0.3, -0.25) is 19.6 Å². The van der Waals surface area contributed by atoms with Crippen LogP contribution in [0, 0.1) is 11.8 Å². The number of hydrogen-bond donors (Lipinski definition) is 3. The zero-order valence-electron chi connectivity index (χ0n) is 25.7. The number of piperidine rings is 1. The summed E-state index contributed by atoms with van der Waals surface area (Å²) in [4.78, 5) is 23.6. The van der Waals surface area contributed by atoms with Gasteiger partial charge in [0.1, 0.15) is 6.17 Å². The Balaban J connectivity index is 1.23. The summed E-state index contributed by atoms with van der Waals surface area (Å²) < 4.78 is 48.3. The highest BCUT2D eigenvalue weighted by Crippen LogP contribution is 2.52. The van der Waals surface area contributed by atoms with Crippen LogP contribution in [0.25, 0.3) is 0 Å². The molecule has 1 amide bonds. The number of alkyl halides is 1. The highest BCUT2D eigenvalue weighted by molar-refractivity contribution is 7.89. The number of piperazine rings is 1. The Labute approximate surface area is 256 Å². The molecule has 11 nitrogen and oxygen atoms in total. The van der Waals surface area contributed by atoms with Gasteiger partial charge in [0, 0.05) is 76.3 Å². The monoisotopic (exact) mass is 625 g/mol. The van der Waals surface area contributed by atoms with Gasteiger partial charge in [-0.2, -0.15) is 4.31 Å². The lowest BCUT2D eigenvalue weighted by Gasteiger charge is -2.53. The van der Waals surface area contributed by atoms with E-state index in [4.69, 9.17) is 21.2 Å². The Bertz CT molecular complexity index is 1140. The van der Waals surface area contributed by atoms with E-state index >= 15 is 0 Å². The highest BCUT2D eigenvalue weighted by Gasteiger charge is 2.66. The SMILES string of the molecule is C[C@]12CCC(F)CN1C2C(C(=O)NC1(C2CCCCC2)C=NCCC1N1CCN(S(=O)(=O)C2CCOCC2)CC1)C(N)N. The van der Waals surface area contributed by atoms with Crippen LogP contribution in [0.3, 0.4) is 0 Å². The number of rotatable bonds is 8. The van der Waals surface area contributed by atoms with Crippen LogP contribution >= 0.6 is 0 Å². The highest BCUT2D eigenvalue weighted by atomic mass is 32.2. The second-order valence-corrected chi connectivity index (χ2v) is 16.3. The fraction of sp³-hybridized carbons (Fsp3) is 0.933. The van der Waals surface area contributed by atoms with Crippen molar-refractivity contribution in [3.05, 3.63) is 0 Å². The summed E-state index contributed by atoms with van der Waals surface area (Å²) in [5.74, 6) is -0.616. The molecule has 244 valence electrons. The summed E-state index contributed by atoms with van der Waals surface area (Å²) in [6.45, 7) is 6.17. The summed E-state index contributed by atoms with van der Waals surface area (Å²) in [6, 6.07) is -0.193. The van der Waals surface area contributed by atoms with Crippen molar-refractivity contribution in [2.45, 2.75) is 112 Å². The van der Waals surface area contributed by atoms with Gasteiger partial charge in [0.25, 0.3) is 0 Å². The maximum absolute atomic E-state index is 14.4. The maximum atomic E-state index is 14.4. The number of fused-ring (bicyclic) bond motifs is 1. The van der Waals surface area contributed by atoms with Crippen molar-refractivity contribution in [2.75, 3.05) is 52.5 Å². The van der Waals surface area contributed by atoms with E-state index in [9.17, 15) is 17.6 Å². The zero-order valence-corrected chi connectivity index (χ0v) is 26.5. The quantitative estimate of drug-likeness (QED) is 0.266. The molecule has 0 bridgehead atoms. The minimum atomic E-state index is -3.38. The van der Waals surface area contributed by atoms with Gasteiger partial charge in [-0.25, -0.2) is 12.8 Å². The van der Waals surface area contributed by atoms with Gasteiger partial charge >= 0.3 is 0 Å². The van der Waals surface area contributed by atoms with Crippen LogP contribution in [-0.4, -0.2) is 128 Å². The lowest BCUT2D eigenvalue weighted by molar-refractivity contribution is -0.129. The van der Waals surface area contributed by atoms with Crippen molar-refractivity contribution in [1.82, 2.24) is 19.4 Å². The van der Waals surface area contributed by atoms with E-state index in [2.05, 4.69) is 22.0 Å². The molecule has 0 radical (unpaired) electrons. The first-order chi connectivity index (χ1) is 20.6. The molecule has 0 spiro atoms. The number of nitrogens with one attached hydrogen (secondary N) is 1. The van der Waals surface area contributed by atoms with Crippen molar-refractivity contribution in [1.29, 1.82) is 0 Å². The number of hydrogen-bond acceptors (Lipinski definition) is 9. The fourth-order valence-electron chi connectivity index (χ4n) is 9.15. The van der Waals surface area contributed by atoms with E-state index in [1.54, 1.807) is 4.31 Å². The smallest absolute Gasteiger partial charge is 0.228 e. The lowest BCUT2D eigenvalue weighted by Crippen LogP contribution is -2.71. The largest absolute Gasteiger partial charge is 0.381 e. The standard InChI is InChI=1S/C30H52FN7O4S/c1-29-11-7-22(31)19-38(29)26(29)25(27(32)33)28(39)35-30(21-5-3-2-4-6-21)20-34-12-8-24(30)36-13-15-37(16-14-36)43(40,41)23-9-17-42-18-10-23/h20-27H,2-19,32-33H2,1H3,(H,35,39)/t22?,24?,25?,26?,29-,30?,38?/m1/s1. The number of aliphatic imine (C=N–C) groups is 1. The first-order valence-electron chi connectivity index (χ1n) is 16.6. The predicted octanol–water partition coefficient (Wildman–Crippen LogP) is 0.826. The second kappa shape index (κ2) is 12.5. The van der Waals surface area contributed by atoms with E-state index in [1.807, 2.05) is 6.21 Å². The number of ether oxygens (including phenoxy) is 1. The van der Waals surface area contributed by atoms with Gasteiger partial charge in [-0.05, 0) is 57.8 Å². The molecule has 5 fully saturated rings. The van der Waals surface area contributed by atoms with Crippen LogP contribution in [0.1, 0.15) is 71.1 Å². The normalized spacial score (nSPS) is 39.4. The molecule has 1 saturated carbocycles. The van der Waals surface area contributed by atoms with Crippen LogP contribution in [-0.2, 0) is 19.6 Å². The molecule has 0 aromatic rings. The first kappa shape index (κ1) is 31.7. The van der Waals surface area contributed by atoms with E-state index in [0.717, 1.165) is 32.1 Å². The van der Waals surface area contributed by atoms with Gasteiger partial charge in [0.2, 0.25) is 15.9 Å². The number of carbonyl (C=O) groups is 1. The van der Waals surface area contributed by atoms with Crippen molar-refractivity contribution in [3.63, 3.8) is 0 Å². The Morgan fingerprint density at radius 2 is 1.74 bits per heavy atom. The number of amides is 1. The summed E-state index contributed by atoms with van der Waals surface area (Å²) in [5.41, 5.74) is 11.7. The van der Waals surface area contributed by atoms with E-state index in [0.29, 0.717) is 78.2 Å². The lowest BCUT2D eigenvalue weighted by atomic mass is 9.68. The minimum absolute atomic E-state index is 0.00720. The summed E-state index contributed by atoms with van der Waals surface area (Å²) in [5, 5.41) is 3.16. The number of nitrogens with zero attached hydrogens (tertiary/aromatic N) is 4. The molecular formula is C30H52FN7O4S. The van der Waals surface area contributed by atoms with E-state index < -0.39 is 33.8 Å². The Kier molecular flexibility index (Phi) is 9.25. The van der Waals surface area contributed by atoms with Crippen LogP contribution in [0.15, 0.2) is 4.99 Å². The third-order valence-electron chi connectivity index (χ3n) is 11.6. The van der Waals surface area contributed by atoms with Crippen molar-refractivity contribution in [3.8, 4) is 0 Å². The third-order valence-corrected chi connectivity index (χ3v) is 14.0. The molecule has 13 heteroatoms. The molecule has 6 aliphatic rings. The average molecular weight is 626 g/mol. The van der Waals surface area contributed by atoms with Gasteiger partial charge < -0.3 is 21.5 Å². The molecule has 0 aromatic carbocycles. The molecule has 1 aliphatic carbocycles. The molecule has 5 heterocycles. The number of carbonyl (C=O) groups excluding carboxylic acids is 1. The number of nitrogens with two attached hydrogens (primary N) is 2. The fourth-order valence-corrected chi connectivity index (χ4v) is 11.0. The third kappa shape index (κ3) is 5.92. The van der Waals surface area contributed by atoms with Crippen molar-refractivity contribution in [2.24, 2.45) is 28.3 Å². The van der Waals surface area contributed by atoms with Crippen molar-refractivity contribution >= 4 is 22.1 Å². The van der Waals surface area contributed by atoms with Crippen LogP contribution in [0.4, 0.5) is 4.39 Å². The Hall–Kier alpha value is -1.22. The minimum Gasteiger partial charge on any atom is -0.381 e. The zero-order chi connectivity index (χ0) is 30.4. The molecule has 6 rings (SSSR count). The summed E-state index contributed by atoms with van der Waals surface area (Å²) in [6.07, 6.45) is 8.68. The van der Waals surface area contributed by atoms with Gasteiger partial charge in [0.05, 0.1) is 22.9 Å². The van der Waals surface area contributed by atoms with Crippen LogP contribution in [0.5, 0.6) is 0 Å². The summed E-state index contributed by atoms with van der Waals surface area (Å²) in [7, 11) is -3.38. The molecule has 0 aromatic heterocycles. The van der Waals surface area contributed by atoms with E-state index in [-0.39, 0.29) is 34.7 Å². The molecule has 5 aliphatic heterocycles. The Morgan fingerprint density at radius 3 is 2.40 bits per heavy atom. The van der Waals surface area contributed by atoms with Crippen LogP contribution in [0.2, 0.25) is 0 Å². The van der Waals surface area contributed by atoms with E-state index in [1.165, 1.54) is 6.42 Å². The first-order valence-corrected chi connectivity index (χ1v) is 18.1. The number of sulfonamides is 1. The Morgan fingerprint density at radius 1 is 1.05 bits per heavy atom. The average Bonchev–Trinajstić information content (AvgIpc) is 3.60. The predicted molar refractivity (Wildman–Crippen MR) is 164 cm³/mol. The molecular weight excluding hydrogens is 573 g/mol. The summed E-state index contributed by atoms with van der Waals surface area (Å²) >= 11 is 0. The molecule has 5 N–H and O–H groups in total. The number of halogens is 1. The topological polar surface area (TPSA) is 146 Å². The van der Waals surface area contributed by atoms with Crippen molar-refractivity contribution < 1.29 is 22.3 Å². The second-order valence-electron chi connectivity index (χ2n) is 14.1.